The van der Waals surface area contributed by atoms with E-state index in [1.807, 2.05) is 37.0 Å². The molecule has 0 fully saturated rings. The first-order valence-corrected chi connectivity index (χ1v) is 7.53. The van der Waals surface area contributed by atoms with Gasteiger partial charge >= 0.3 is 0 Å². The summed E-state index contributed by atoms with van der Waals surface area (Å²) in [4.78, 5) is 0. The van der Waals surface area contributed by atoms with Gasteiger partial charge < -0.3 is 14.8 Å². The van der Waals surface area contributed by atoms with Crippen molar-refractivity contribution in [3.05, 3.63) is 35.7 Å². The second-order valence-corrected chi connectivity index (χ2v) is 5.81. The minimum Gasteiger partial charge on any atom is -0.493 e. The van der Waals surface area contributed by atoms with Crippen LogP contribution in [0.25, 0.3) is 0 Å². The molecule has 5 nitrogen and oxygen atoms in total. The van der Waals surface area contributed by atoms with Crippen molar-refractivity contribution >= 4 is 5.69 Å². The summed E-state index contributed by atoms with van der Waals surface area (Å²) < 4.78 is 13.1. The van der Waals surface area contributed by atoms with Crippen LogP contribution in [0, 0.1) is 12.8 Å². The molecule has 0 spiro atoms. The van der Waals surface area contributed by atoms with E-state index in [1.165, 1.54) is 0 Å². The normalized spacial score (nSPS) is 10.8. The van der Waals surface area contributed by atoms with Crippen LogP contribution in [0.2, 0.25) is 0 Å². The maximum absolute atomic E-state index is 5.77. The highest BCUT2D eigenvalue weighted by molar-refractivity contribution is 5.48. The number of hydrogen-bond acceptors (Lipinski definition) is 4. The fourth-order valence-corrected chi connectivity index (χ4v) is 2.07. The minimum atomic E-state index is 0.486. The molecule has 0 amide bonds. The number of nitrogens with one attached hydrogen (secondary N) is 1. The summed E-state index contributed by atoms with van der Waals surface area (Å²) in [5, 5.41) is 7.62. The molecule has 0 unspecified atom stereocenters. The Morgan fingerprint density at radius 1 is 1.27 bits per heavy atom. The Labute approximate surface area is 132 Å². The van der Waals surface area contributed by atoms with E-state index in [0.29, 0.717) is 19.1 Å². The number of methoxy groups -OCH3 is 1. The molecule has 2 aromatic rings. The topological polar surface area (TPSA) is 48.3 Å². The SMILES string of the molecule is COc1cc(CNc2cnn(C)c2C)ccc1OCC(C)C. The van der Waals surface area contributed by atoms with Crippen LogP contribution in [0.1, 0.15) is 25.1 Å². The fourth-order valence-electron chi connectivity index (χ4n) is 2.07. The number of anilines is 1. The Balaban J connectivity index is 2.04. The van der Waals surface area contributed by atoms with Crippen molar-refractivity contribution < 1.29 is 9.47 Å². The van der Waals surface area contributed by atoms with Crippen LogP contribution in [0.3, 0.4) is 0 Å². The van der Waals surface area contributed by atoms with Crippen LogP contribution in [-0.4, -0.2) is 23.5 Å². The third-order valence-corrected chi connectivity index (χ3v) is 3.52. The molecule has 22 heavy (non-hydrogen) atoms. The molecule has 0 atom stereocenters. The van der Waals surface area contributed by atoms with Crippen LogP contribution in [-0.2, 0) is 13.6 Å². The number of benzene rings is 1. The summed E-state index contributed by atoms with van der Waals surface area (Å²) in [5.74, 6) is 2.04. The van der Waals surface area contributed by atoms with Crippen LogP contribution < -0.4 is 14.8 Å². The van der Waals surface area contributed by atoms with Gasteiger partial charge in [-0.25, -0.2) is 0 Å². The fraction of sp³-hybridized carbons (Fsp3) is 0.471. The van der Waals surface area contributed by atoms with E-state index >= 15 is 0 Å². The lowest BCUT2D eigenvalue weighted by Crippen LogP contribution is -2.06. The smallest absolute Gasteiger partial charge is 0.161 e. The number of hydrogen-bond donors (Lipinski definition) is 1. The van der Waals surface area contributed by atoms with E-state index < -0.39 is 0 Å². The number of rotatable bonds is 7. The molecule has 0 radical (unpaired) electrons. The first kappa shape index (κ1) is 16.2. The van der Waals surface area contributed by atoms with Crippen molar-refractivity contribution in [3.63, 3.8) is 0 Å². The lowest BCUT2D eigenvalue weighted by atomic mass is 10.2. The average Bonchev–Trinajstić information content (AvgIpc) is 2.82. The molecule has 0 saturated carbocycles. The van der Waals surface area contributed by atoms with Crippen LogP contribution in [0.5, 0.6) is 11.5 Å². The average molecular weight is 303 g/mol. The number of nitrogens with zero attached hydrogens (tertiary/aromatic N) is 2. The second-order valence-electron chi connectivity index (χ2n) is 5.81. The summed E-state index contributed by atoms with van der Waals surface area (Å²) >= 11 is 0. The Hall–Kier alpha value is -2.17. The van der Waals surface area contributed by atoms with Crippen molar-refractivity contribution in [3.8, 4) is 11.5 Å². The highest BCUT2D eigenvalue weighted by Gasteiger charge is 2.08. The maximum Gasteiger partial charge on any atom is 0.161 e. The van der Waals surface area contributed by atoms with Gasteiger partial charge in [-0.3, -0.25) is 4.68 Å². The standard InChI is InChI=1S/C17H25N3O2/c1-12(2)11-22-16-7-6-14(8-17(16)21-5)9-18-15-10-19-20(4)13(15)3/h6-8,10,12,18H,9,11H2,1-5H3. The lowest BCUT2D eigenvalue weighted by Gasteiger charge is -2.14. The van der Waals surface area contributed by atoms with Crippen molar-refractivity contribution in [2.45, 2.75) is 27.3 Å². The monoisotopic (exact) mass is 303 g/mol. The highest BCUT2D eigenvalue weighted by atomic mass is 16.5. The van der Waals surface area contributed by atoms with Crippen LogP contribution >= 0.6 is 0 Å². The molecule has 120 valence electrons. The summed E-state index contributed by atoms with van der Waals surface area (Å²) in [5.41, 5.74) is 3.29. The predicted octanol–water partition coefficient (Wildman–Crippen LogP) is 3.38. The molecule has 0 aliphatic carbocycles. The van der Waals surface area contributed by atoms with Gasteiger partial charge in [0.25, 0.3) is 0 Å². The molecule has 1 N–H and O–H groups in total. The van der Waals surface area contributed by atoms with E-state index in [4.69, 9.17) is 9.47 Å². The Bertz CT molecular complexity index is 620. The van der Waals surface area contributed by atoms with Gasteiger partial charge in [0.1, 0.15) is 0 Å². The number of aryl methyl sites for hydroxylation is 1. The zero-order chi connectivity index (χ0) is 16.1. The summed E-state index contributed by atoms with van der Waals surface area (Å²) in [6.45, 7) is 7.69. The zero-order valence-electron chi connectivity index (χ0n) is 14.0. The molecular formula is C17H25N3O2. The Morgan fingerprint density at radius 2 is 2.05 bits per heavy atom. The quantitative estimate of drug-likeness (QED) is 0.852. The summed E-state index contributed by atoms with van der Waals surface area (Å²) in [7, 11) is 3.60. The van der Waals surface area contributed by atoms with Crippen LogP contribution in [0.15, 0.2) is 24.4 Å². The third kappa shape index (κ3) is 3.93. The summed E-state index contributed by atoms with van der Waals surface area (Å²) in [6, 6.07) is 6.03. The van der Waals surface area contributed by atoms with E-state index in [9.17, 15) is 0 Å². The largest absolute Gasteiger partial charge is 0.493 e. The molecule has 5 heteroatoms. The van der Waals surface area contributed by atoms with Crippen LogP contribution in [0.4, 0.5) is 5.69 Å². The third-order valence-electron chi connectivity index (χ3n) is 3.52. The van der Waals surface area contributed by atoms with E-state index in [-0.39, 0.29) is 0 Å². The van der Waals surface area contributed by atoms with Crippen molar-refractivity contribution in [2.24, 2.45) is 13.0 Å². The number of aromatic nitrogens is 2. The Morgan fingerprint density at radius 3 is 2.64 bits per heavy atom. The minimum absolute atomic E-state index is 0.486. The van der Waals surface area contributed by atoms with Gasteiger partial charge in [0, 0.05) is 13.6 Å². The highest BCUT2D eigenvalue weighted by Crippen LogP contribution is 2.29. The van der Waals surface area contributed by atoms with Crippen molar-refractivity contribution in [1.82, 2.24) is 9.78 Å². The molecule has 1 aromatic carbocycles. The van der Waals surface area contributed by atoms with Gasteiger partial charge in [-0.2, -0.15) is 5.10 Å². The van der Waals surface area contributed by atoms with Crippen molar-refractivity contribution in [1.29, 1.82) is 0 Å². The van der Waals surface area contributed by atoms with Gasteiger partial charge in [0.2, 0.25) is 0 Å². The molecule has 0 bridgehead atoms. The van der Waals surface area contributed by atoms with E-state index in [0.717, 1.165) is 28.4 Å². The van der Waals surface area contributed by atoms with Crippen molar-refractivity contribution in [2.75, 3.05) is 19.0 Å². The van der Waals surface area contributed by atoms with E-state index in [2.05, 4.69) is 30.3 Å². The molecule has 0 saturated heterocycles. The Kier molecular flexibility index (Phi) is 5.31. The molecular weight excluding hydrogens is 278 g/mol. The molecule has 2 rings (SSSR count). The second kappa shape index (κ2) is 7.20. The molecule has 0 aliphatic heterocycles. The molecule has 1 heterocycles. The molecule has 0 aliphatic rings. The van der Waals surface area contributed by atoms with Gasteiger partial charge in [-0.05, 0) is 30.5 Å². The van der Waals surface area contributed by atoms with E-state index in [1.54, 1.807) is 7.11 Å². The first-order valence-electron chi connectivity index (χ1n) is 7.53. The maximum atomic E-state index is 5.77. The van der Waals surface area contributed by atoms with Gasteiger partial charge in [-0.15, -0.1) is 0 Å². The predicted molar refractivity (Wildman–Crippen MR) is 88.6 cm³/mol. The van der Waals surface area contributed by atoms with Gasteiger partial charge in [-0.1, -0.05) is 19.9 Å². The number of ether oxygens (including phenoxy) is 2. The lowest BCUT2D eigenvalue weighted by molar-refractivity contribution is 0.257. The van der Waals surface area contributed by atoms with Gasteiger partial charge in [0.05, 0.1) is 31.3 Å². The first-order chi connectivity index (χ1) is 10.5. The zero-order valence-corrected chi connectivity index (χ0v) is 14.0. The summed E-state index contributed by atoms with van der Waals surface area (Å²) in [6.07, 6.45) is 1.84. The van der Waals surface area contributed by atoms with Gasteiger partial charge in [0.15, 0.2) is 11.5 Å². The molecule has 1 aromatic heterocycles.